The number of carbonyl (C=O) groups excluding carboxylic acids is 1. The quantitative estimate of drug-likeness (QED) is 0.724. The topological polar surface area (TPSA) is 57.9 Å². The largest absolute Gasteiger partial charge is 0.465 e. The molecule has 2 aromatic heterocycles. The average Bonchev–Trinajstić information content (AvgIpc) is 3.09. The molecule has 2 heterocycles. The highest BCUT2D eigenvalue weighted by Gasteiger charge is 2.14. The first kappa shape index (κ1) is 16.8. The van der Waals surface area contributed by atoms with E-state index in [1.165, 1.54) is 12.7 Å². The Hall–Kier alpha value is -3.01. The second kappa shape index (κ2) is 6.48. The Morgan fingerprint density at radius 3 is 2.08 bits per heavy atom. The van der Waals surface area contributed by atoms with Gasteiger partial charge in [0.1, 0.15) is 0 Å². The van der Waals surface area contributed by atoms with Crippen molar-refractivity contribution in [3.05, 3.63) is 80.7 Å². The van der Waals surface area contributed by atoms with Crippen molar-refractivity contribution in [3.63, 3.8) is 0 Å². The molecule has 4 nitrogen and oxygen atoms in total. The Kier molecular flexibility index (Phi) is 4.36. The molecule has 0 atom stereocenters. The molecule has 4 heteroatoms. The van der Waals surface area contributed by atoms with Crippen LogP contribution >= 0.6 is 0 Å². The average molecular weight is 334 g/mol. The third-order valence-corrected chi connectivity index (χ3v) is 4.31. The van der Waals surface area contributed by atoms with Crippen molar-refractivity contribution in [2.24, 2.45) is 0 Å². The first-order valence-electron chi connectivity index (χ1n) is 8.15. The highest BCUT2D eigenvalue weighted by molar-refractivity contribution is 5.90. The van der Waals surface area contributed by atoms with Crippen molar-refractivity contribution in [3.8, 4) is 0 Å². The van der Waals surface area contributed by atoms with E-state index in [0.717, 1.165) is 38.8 Å². The third kappa shape index (κ3) is 3.15. The second-order valence-electron chi connectivity index (χ2n) is 6.31. The summed E-state index contributed by atoms with van der Waals surface area (Å²) < 4.78 is 4.78. The lowest BCUT2D eigenvalue weighted by Gasteiger charge is -2.09. The number of aryl methyl sites for hydroxylation is 3. The molecule has 0 aliphatic rings. The first-order valence-corrected chi connectivity index (χ1v) is 8.15. The zero-order valence-electron chi connectivity index (χ0n) is 15.0. The molecule has 0 saturated carbocycles. The molecule has 0 bridgehead atoms. The Morgan fingerprint density at radius 1 is 0.960 bits per heavy atom. The molecule has 3 aromatic rings. The van der Waals surface area contributed by atoms with E-state index in [-0.39, 0.29) is 5.97 Å². The fourth-order valence-corrected chi connectivity index (χ4v) is 3.18. The smallest absolute Gasteiger partial charge is 0.337 e. The summed E-state index contributed by atoms with van der Waals surface area (Å²) in [5, 5.41) is 1.90. The van der Waals surface area contributed by atoms with E-state index < -0.39 is 0 Å². The van der Waals surface area contributed by atoms with Gasteiger partial charge >= 0.3 is 5.97 Å². The van der Waals surface area contributed by atoms with Gasteiger partial charge in [0.25, 0.3) is 0 Å². The van der Waals surface area contributed by atoms with Crippen LogP contribution in [0.3, 0.4) is 0 Å². The van der Waals surface area contributed by atoms with E-state index in [9.17, 15) is 4.79 Å². The van der Waals surface area contributed by atoms with E-state index in [1.807, 2.05) is 25.1 Å². The second-order valence-corrected chi connectivity index (χ2v) is 6.31. The number of aromatic nitrogens is 2. The summed E-state index contributed by atoms with van der Waals surface area (Å²) in [4.78, 5) is 18.5. The third-order valence-electron chi connectivity index (χ3n) is 4.31. The van der Waals surface area contributed by atoms with Gasteiger partial charge in [0.2, 0.25) is 0 Å². The maximum atomic E-state index is 11.7. The summed E-state index contributed by atoms with van der Waals surface area (Å²) in [6.45, 7) is 10.2. The highest BCUT2D eigenvalue weighted by atomic mass is 16.5. The molecule has 0 aliphatic heterocycles. The molecule has 0 fully saturated rings. The number of benzene rings is 1. The molecule has 0 spiro atoms. The molecular formula is C21H22N2O2. The summed E-state index contributed by atoms with van der Waals surface area (Å²) in [5.74, 6) is -0.337. The molecule has 128 valence electrons. The van der Waals surface area contributed by atoms with Crippen molar-refractivity contribution in [2.75, 3.05) is 7.11 Å². The number of aromatic amines is 2. The number of nitrogens with one attached hydrogen (secondary N) is 2. The molecule has 0 radical (unpaired) electrons. The maximum absolute atomic E-state index is 11.7. The number of H-pyrrole nitrogens is 2. The Labute approximate surface area is 146 Å². The molecule has 1 aromatic carbocycles. The first-order chi connectivity index (χ1) is 11.9. The number of hydrogen-bond donors (Lipinski definition) is 2. The minimum absolute atomic E-state index is 0.337. The van der Waals surface area contributed by atoms with Crippen molar-refractivity contribution in [1.29, 1.82) is 0 Å². The van der Waals surface area contributed by atoms with E-state index in [2.05, 4.69) is 36.5 Å². The minimum atomic E-state index is -0.337. The van der Waals surface area contributed by atoms with E-state index in [1.54, 1.807) is 12.1 Å². The number of carbonyl (C=O) groups is 1. The maximum Gasteiger partial charge on any atom is 0.337 e. The molecule has 0 saturated heterocycles. The fraction of sp³-hybridized carbons (Fsp3) is 0.190. The van der Waals surface area contributed by atoms with Gasteiger partial charge in [-0.1, -0.05) is 18.7 Å². The standard InChI is InChI=1S/C21H22N2O2/c1-12-10-14(3)22-19(12)18(20-13(2)11-15(4)23-20)16-6-8-17(9-7-16)21(24)25-5/h6-11,22-23H,3H2,1-2,4-5H3/b19-18-. The lowest BCUT2D eigenvalue weighted by Crippen LogP contribution is -2.16. The lowest BCUT2D eigenvalue weighted by atomic mass is 9.98. The van der Waals surface area contributed by atoms with Crippen LogP contribution in [0.4, 0.5) is 0 Å². The summed E-state index contributed by atoms with van der Waals surface area (Å²) >= 11 is 0. The van der Waals surface area contributed by atoms with Gasteiger partial charge in [-0.15, -0.1) is 0 Å². The van der Waals surface area contributed by atoms with Crippen LogP contribution in [0.1, 0.15) is 38.4 Å². The van der Waals surface area contributed by atoms with Gasteiger partial charge in [0.15, 0.2) is 0 Å². The zero-order valence-corrected chi connectivity index (χ0v) is 15.0. The van der Waals surface area contributed by atoms with Gasteiger partial charge in [0, 0.05) is 16.6 Å². The number of methoxy groups -OCH3 is 1. The van der Waals surface area contributed by atoms with Crippen molar-refractivity contribution >= 4 is 18.1 Å². The van der Waals surface area contributed by atoms with Crippen molar-refractivity contribution in [2.45, 2.75) is 20.8 Å². The normalized spacial score (nSPS) is 12.2. The van der Waals surface area contributed by atoms with Crippen molar-refractivity contribution in [1.82, 2.24) is 9.97 Å². The predicted octanol–water partition coefficient (Wildman–Crippen LogP) is 2.71. The fourth-order valence-electron chi connectivity index (χ4n) is 3.18. The number of hydrogen-bond acceptors (Lipinski definition) is 2. The van der Waals surface area contributed by atoms with Gasteiger partial charge in [0.05, 0.1) is 23.7 Å². The van der Waals surface area contributed by atoms with E-state index in [4.69, 9.17) is 4.74 Å². The SMILES string of the molecule is C=c1cc(C)/c(=C(\c2ccc(C(=O)OC)cc2)c2[nH]c(C)cc2C)[nH]1. The van der Waals surface area contributed by atoms with Crippen LogP contribution in [0.2, 0.25) is 0 Å². The molecule has 0 aliphatic carbocycles. The Morgan fingerprint density at radius 2 is 1.60 bits per heavy atom. The van der Waals surface area contributed by atoms with Gasteiger partial charge in [-0.2, -0.15) is 0 Å². The highest BCUT2D eigenvalue weighted by Crippen LogP contribution is 2.24. The summed E-state index contributed by atoms with van der Waals surface area (Å²) in [7, 11) is 1.39. The van der Waals surface area contributed by atoms with E-state index >= 15 is 0 Å². The van der Waals surface area contributed by atoms with Gasteiger partial charge in [-0.3, -0.25) is 0 Å². The Bertz CT molecular complexity index is 1040. The van der Waals surface area contributed by atoms with Crippen LogP contribution in [0.15, 0.2) is 36.4 Å². The monoisotopic (exact) mass is 334 g/mol. The molecule has 3 rings (SSSR count). The summed E-state index contributed by atoms with van der Waals surface area (Å²) in [5.41, 5.74) is 7.08. The van der Waals surface area contributed by atoms with Crippen LogP contribution in [-0.2, 0) is 4.74 Å². The number of ether oxygens (including phenoxy) is 1. The molecule has 2 N–H and O–H groups in total. The zero-order chi connectivity index (χ0) is 18.1. The van der Waals surface area contributed by atoms with Crippen LogP contribution in [0.5, 0.6) is 0 Å². The minimum Gasteiger partial charge on any atom is -0.465 e. The number of rotatable bonds is 3. The van der Waals surface area contributed by atoms with Gasteiger partial charge in [-0.25, -0.2) is 4.79 Å². The van der Waals surface area contributed by atoms with Crippen LogP contribution in [0.25, 0.3) is 12.2 Å². The summed E-state index contributed by atoms with van der Waals surface area (Å²) in [6, 6.07) is 11.6. The van der Waals surface area contributed by atoms with Crippen molar-refractivity contribution < 1.29 is 9.53 Å². The molecule has 0 unspecified atom stereocenters. The Balaban J connectivity index is 2.28. The molecular weight excluding hydrogens is 312 g/mol. The molecule has 25 heavy (non-hydrogen) atoms. The molecule has 0 amide bonds. The van der Waals surface area contributed by atoms with Crippen LogP contribution in [0, 0.1) is 20.8 Å². The van der Waals surface area contributed by atoms with Crippen LogP contribution in [-0.4, -0.2) is 23.0 Å². The van der Waals surface area contributed by atoms with E-state index in [0.29, 0.717) is 5.56 Å². The lowest BCUT2D eigenvalue weighted by molar-refractivity contribution is 0.0600. The van der Waals surface area contributed by atoms with Crippen LogP contribution < -0.4 is 10.7 Å². The number of esters is 1. The predicted molar refractivity (Wildman–Crippen MR) is 100.0 cm³/mol. The van der Waals surface area contributed by atoms with Gasteiger partial charge < -0.3 is 14.7 Å². The van der Waals surface area contributed by atoms with Gasteiger partial charge in [-0.05, 0) is 61.7 Å². The summed E-state index contributed by atoms with van der Waals surface area (Å²) in [6.07, 6.45) is 0.